The van der Waals surface area contributed by atoms with Crippen molar-refractivity contribution in [3.8, 4) is 0 Å². The third-order valence-electron chi connectivity index (χ3n) is 3.24. The lowest BCUT2D eigenvalue weighted by Crippen LogP contribution is -2.29. The van der Waals surface area contributed by atoms with Crippen LogP contribution in [0.2, 0.25) is 0 Å². The van der Waals surface area contributed by atoms with Gasteiger partial charge in [-0.3, -0.25) is 4.79 Å². The molecule has 1 aliphatic carbocycles. The minimum absolute atomic E-state index is 0.0790. The maximum Gasteiger partial charge on any atom is 0.251 e. The normalized spacial score (nSPS) is 17.0. The van der Waals surface area contributed by atoms with Crippen LogP contribution in [0, 0.1) is 5.41 Å². The van der Waals surface area contributed by atoms with Gasteiger partial charge >= 0.3 is 0 Å². The van der Waals surface area contributed by atoms with E-state index in [2.05, 4.69) is 28.2 Å². The standard InChI is InChI=1S/C12H15BrN2O3S/c1-12(2-3-12)7-15-11(16)8-4-9(13)6-10(5-8)19(14,17)18/h4-6H,2-3,7H2,1H3,(H,15,16)(H2,14,17,18). The average molecular weight is 347 g/mol. The van der Waals surface area contributed by atoms with Crippen molar-refractivity contribution >= 4 is 31.9 Å². The molecule has 1 aromatic rings. The monoisotopic (exact) mass is 346 g/mol. The Morgan fingerprint density at radius 3 is 2.58 bits per heavy atom. The molecule has 0 aromatic heterocycles. The molecule has 7 heteroatoms. The number of halogens is 1. The average Bonchev–Trinajstić information content (AvgIpc) is 3.03. The molecule has 0 bridgehead atoms. The number of primary sulfonamides is 1. The Morgan fingerprint density at radius 2 is 2.05 bits per heavy atom. The number of hydrogen-bond donors (Lipinski definition) is 2. The molecule has 1 fully saturated rings. The zero-order valence-corrected chi connectivity index (χ0v) is 12.8. The molecule has 0 saturated heterocycles. The van der Waals surface area contributed by atoms with Gasteiger partial charge in [0.25, 0.3) is 5.91 Å². The highest BCUT2D eigenvalue weighted by Gasteiger charge is 2.37. The highest BCUT2D eigenvalue weighted by molar-refractivity contribution is 9.10. The highest BCUT2D eigenvalue weighted by Crippen LogP contribution is 2.44. The first kappa shape index (κ1) is 14.5. The van der Waals surface area contributed by atoms with Gasteiger partial charge in [-0.2, -0.15) is 0 Å². The summed E-state index contributed by atoms with van der Waals surface area (Å²) >= 11 is 3.18. The van der Waals surface area contributed by atoms with Crippen molar-refractivity contribution in [1.82, 2.24) is 5.32 Å². The molecule has 3 N–H and O–H groups in total. The number of benzene rings is 1. The molecule has 5 nitrogen and oxygen atoms in total. The number of amides is 1. The first-order valence-corrected chi connectivity index (χ1v) is 8.15. The van der Waals surface area contributed by atoms with Crippen LogP contribution in [0.4, 0.5) is 0 Å². The first-order valence-electron chi connectivity index (χ1n) is 5.81. The van der Waals surface area contributed by atoms with Crippen LogP contribution in [0.3, 0.4) is 0 Å². The summed E-state index contributed by atoms with van der Waals surface area (Å²) in [5.74, 6) is -0.292. The van der Waals surface area contributed by atoms with Crippen molar-refractivity contribution < 1.29 is 13.2 Å². The molecule has 0 radical (unpaired) electrons. The van der Waals surface area contributed by atoms with E-state index in [1.807, 2.05) is 0 Å². The predicted molar refractivity (Wildman–Crippen MR) is 75.2 cm³/mol. The Morgan fingerprint density at radius 1 is 1.42 bits per heavy atom. The Hall–Kier alpha value is -0.920. The van der Waals surface area contributed by atoms with E-state index in [9.17, 15) is 13.2 Å². The maximum atomic E-state index is 12.0. The molecular formula is C12H15BrN2O3S. The number of hydrogen-bond acceptors (Lipinski definition) is 3. The molecule has 1 saturated carbocycles. The van der Waals surface area contributed by atoms with Crippen LogP contribution >= 0.6 is 15.9 Å². The Kier molecular flexibility index (Phi) is 3.72. The summed E-state index contributed by atoms with van der Waals surface area (Å²) in [6.07, 6.45) is 2.21. The summed E-state index contributed by atoms with van der Waals surface area (Å²) in [4.78, 5) is 11.9. The van der Waals surface area contributed by atoms with Crippen molar-refractivity contribution in [3.05, 3.63) is 28.2 Å². The van der Waals surface area contributed by atoms with Gasteiger partial charge in [0.2, 0.25) is 10.0 Å². The summed E-state index contributed by atoms with van der Waals surface area (Å²) < 4.78 is 23.1. The van der Waals surface area contributed by atoms with Gasteiger partial charge in [-0.15, -0.1) is 0 Å². The van der Waals surface area contributed by atoms with Gasteiger partial charge in [-0.1, -0.05) is 22.9 Å². The number of nitrogens with one attached hydrogen (secondary N) is 1. The topological polar surface area (TPSA) is 89.3 Å². The predicted octanol–water partition coefficient (Wildman–Crippen LogP) is 1.63. The molecule has 0 heterocycles. The van der Waals surface area contributed by atoms with Crippen molar-refractivity contribution in [1.29, 1.82) is 0 Å². The van der Waals surface area contributed by atoms with Crippen molar-refractivity contribution in [2.75, 3.05) is 6.54 Å². The van der Waals surface area contributed by atoms with Crippen molar-refractivity contribution in [3.63, 3.8) is 0 Å². The molecular weight excluding hydrogens is 332 g/mol. The van der Waals surface area contributed by atoms with Crippen LogP contribution in [-0.4, -0.2) is 20.9 Å². The molecule has 104 valence electrons. The smallest absolute Gasteiger partial charge is 0.251 e. The van der Waals surface area contributed by atoms with Gasteiger partial charge in [0, 0.05) is 16.6 Å². The molecule has 1 amide bonds. The van der Waals surface area contributed by atoms with E-state index < -0.39 is 10.0 Å². The largest absolute Gasteiger partial charge is 0.351 e. The summed E-state index contributed by atoms with van der Waals surface area (Å²) in [5.41, 5.74) is 0.479. The zero-order valence-electron chi connectivity index (χ0n) is 10.4. The second-order valence-corrected chi connectivity index (χ2v) is 7.69. The number of carbonyl (C=O) groups excluding carboxylic acids is 1. The second kappa shape index (κ2) is 4.88. The lowest BCUT2D eigenvalue weighted by atomic mass is 10.1. The zero-order chi connectivity index (χ0) is 14.3. The SMILES string of the molecule is CC1(CNC(=O)c2cc(Br)cc(S(N)(=O)=O)c2)CC1. The number of carbonyl (C=O) groups is 1. The van der Waals surface area contributed by atoms with Crippen LogP contribution in [0.25, 0.3) is 0 Å². The van der Waals surface area contributed by atoms with Crippen LogP contribution in [-0.2, 0) is 10.0 Å². The van der Waals surface area contributed by atoms with Crippen molar-refractivity contribution in [2.45, 2.75) is 24.7 Å². The summed E-state index contributed by atoms with van der Waals surface area (Å²) in [7, 11) is -3.82. The minimum atomic E-state index is -3.82. The van der Waals surface area contributed by atoms with E-state index in [1.54, 1.807) is 6.07 Å². The van der Waals surface area contributed by atoms with E-state index in [1.165, 1.54) is 12.1 Å². The van der Waals surface area contributed by atoms with E-state index in [0.29, 0.717) is 11.0 Å². The van der Waals surface area contributed by atoms with Crippen LogP contribution in [0.15, 0.2) is 27.6 Å². The van der Waals surface area contributed by atoms with E-state index in [4.69, 9.17) is 5.14 Å². The maximum absolute atomic E-state index is 12.0. The van der Waals surface area contributed by atoms with Gasteiger partial charge in [0.05, 0.1) is 4.90 Å². The third kappa shape index (κ3) is 3.77. The van der Waals surface area contributed by atoms with Gasteiger partial charge in [0.1, 0.15) is 0 Å². The van der Waals surface area contributed by atoms with Crippen LogP contribution in [0.5, 0.6) is 0 Å². The summed E-state index contributed by atoms with van der Waals surface area (Å²) in [6, 6.07) is 4.22. The van der Waals surface area contributed by atoms with Gasteiger partial charge < -0.3 is 5.32 Å². The Labute approximate surface area is 120 Å². The number of sulfonamides is 1. The van der Waals surface area contributed by atoms with E-state index in [0.717, 1.165) is 12.8 Å². The minimum Gasteiger partial charge on any atom is -0.351 e. The molecule has 19 heavy (non-hydrogen) atoms. The van der Waals surface area contributed by atoms with Gasteiger partial charge in [0.15, 0.2) is 0 Å². The molecule has 0 unspecified atom stereocenters. The van der Waals surface area contributed by atoms with Crippen LogP contribution in [0.1, 0.15) is 30.1 Å². The highest BCUT2D eigenvalue weighted by atomic mass is 79.9. The summed E-state index contributed by atoms with van der Waals surface area (Å²) in [5, 5.41) is 7.88. The second-order valence-electron chi connectivity index (χ2n) is 5.21. The molecule has 1 aromatic carbocycles. The van der Waals surface area contributed by atoms with Crippen molar-refractivity contribution in [2.24, 2.45) is 10.6 Å². The third-order valence-corrected chi connectivity index (χ3v) is 4.59. The number of rotatable bonds is 4. The Bertz CT molecular complexity index is 624. The molecule has 1 aliphatic rings. The lowest BCUT2D eigenvalue weighted by Gasteiger charge is -2.11. The molecule has 2 rings (SSSR count). The van der Waals surface area contributed by atoms with Crippen LogP contribution < -0.4 is 10.5 Å². The number of nitrogens with two attached hydrogens (primary N) is 1. The van der Waals surface area contributed by atoms with E-state index >= 15 is 0 Å². The van der Waals surface area contributed by atoms with E-state index in [-0.39, 0.29) is 21.8 Å². The fourth-order valence-electron chi connectivity index (χ4n) is 1.64. The molecule has 0 spiro atoms. The Balaban J connectivity index is 2.19. The lowest BCUT2D eigenvalue weighted by molar-refractivity contribution is 0.0946. The quantitative estimate of drug-likeness (QED) is 0.867. The molecule has 0 aliphatic heterocycles. The summed E-state index contributed by atoms with van der Waals surface area (Å²) in [6.45, 7) is 2.70. The van der Waals surface area contributed by atoms with Gasteiger partial charge in [-0.25, -0.2) is 13.6 Å². The molecule has 0 atom stereocenters. The van der Waals surface area contributed by atoms with Gasteiger partial charge in [-0.05, 0) is 36.5 Å². The fourth-order valence-corrected chi connectivity index (χ4v) is 2.87. The first-order chi connectivity index (χ1) is 8.70. The fraction of sp³-hybridized carbons (Fsp3) is 0.417.